The average Bonchev–Trinajstić information content (AvgIpc) is 2.75. The molecule has 0 saturated carbocycles. The maximum Gasteiger partial charge on any atom is 0.484 e. The zero-order valence-electron chi connectivity index (χ0n) is 16.0. The van der Waals surface area contributed by atoms with Crippen molar-refractivity contribution in [2.45, 2.75) is 19.8 Å². The molecular formula is C25H23BO2. The first kappa shape index (κ1) is 18.5. The van der Waals surface area contributed by atoms with Gasteiger partial charge < -0.3 is 10.0 Å². The van der Waals surface area contributed by atoms with Crippen LogP contribution in [0.1, 0.15) is 30.9 Å². The lowest BCUT2D eigenvalue weighted by molar-refractivity contribution is 0.418. The van der Waals surface area contributed by atoms with Crippen molar-refractivity contribution < 1.29 is 10.0 Å². The molecule has 3 aromatic rings. The van der Waals surface area contributed by atoms with E-state index in [9.17, 15) is 10.0 Å². The Labute approximate surface area is 166 Å². The summed E-state index contributed by atoms with van der Waals surface area (Å²) in [6.45, 7) is 1.79. The summed E-state index contributed by atoms with van der Waals surface area (Å²) >= 11 is 0. The van der Waals surface area contributed by atoms with Crippen molar-refractivity contribution >= 4 is 23.5 Å². The maximum absolute atomic E-state index is 9.83. The first-order valence-electron chi connectivity index (χ1n) is 9.67. The van der Waals surface area contributed by atoms with Gasteiger partial charge in [0.15, 0.2) is 0 Å². The fourth-order valence-corrected chi connectivity index (χ4v) is 3.97. The summed E-state index contributed by atoms with van der Waals surface area (Å²) in [6.07, 6.45) is 5.94. The predicted octanol–water partition coefficient (Wildman–Crippen LogP) is 5.32. The van der Waals surface area contributed by atoms with Crippen LogP contribution in [0.5, 0.6) is 0 Å². The van der Waals surface area contributed by atoms with E-state index in [1.165, 1.54) is 16.3 Å². The molecule has 0 saturated heterocycles. The van der Waals surface area contributed by atoms with E-state index in [1.807, 2.05) is 12.1 Å². The number of benzene rings is 3. The lowest BCUT2D eigenvalue weighted by atomic mass is 9.72. The molecule has 0 fully saturated rings. The predicted molar refractivity (Wildman–Crippen MR) is 118 cm³/mol. The smallest absolute Gasteiger partial charge is 0.423 e. The van der Waals surface area contributed by atoms with Crippen molar-refractivity contribution in [3.63, 3.8) is 0 Å². The zero-order chi connectivity index (χ0) is 19.5. The molecule has 0 unspecified atom stereocenters. The monoisotopic (exact) mass is 366 g/mol. The Balaban J connectivity index is 2.09. The van der Waals surface area contributed by atoms with E-state index in [1.54, 1.807) is 6.92 Å². The first-order chi connectivity index (χ1) is 13.7. The minimum atomic E-state index is -1.46. The van der Waals surface area contributed by atoms with Gasteiger partial charge >= 0.3 is 7.12 Å². The topological polar surface area (TPSA) is 40.5 Å². The third kappa shape index (κ3) is 3.47. The van der Waals surface area contributed by atoms with Crippen LogP contribution < -0.4 is 0 Å². The van der Waals surface area contributed by atoms with Gasteiger partial charge in [0, 0.05) is 0 Å². The molecule has 3 heteroatoms. The van der Waals surface area contributed by atoms with E-state index in [-0.39, 0.29) is 0 Å². The Morgan fingerprint density at radius 1 is 0.857 bits per heavy atom. The number of hydrogen-bond acceptors (Lipinski definition) is 2. The summed E-state index contributed by atoms with van der Waals surface area (Å²) in [4.78, 5) is 0. The molecule has 0 spiro atoms. The van der Waals surface area contributed by atoms with Gasteiger partial charge in [0.05, 0.1) is 0 Å². The SMILES string of the molecule is C/C(B(O)O)=C1/C=CCC/C1=C(/c1ccccc1)c1cccc2ccccc12. The summed E-state index contributed by atoms with van der Waals surface area (Å²) in [5, 5.41) is 22.1. The van der Waals surface area contributed by atoms with Crippen molar-refractivity contribution in [3.05, 3.63) is 113 Å². The van der Waals surface area contributed by atoms with Crippen LogP contribution >= 0.6 is 0 Å². The molecule has 0 heterocycles. The van der Waals surface area contributed by atoms with Gasteiger partial charge in [0.2, 0.25) is 0 Å². The quantitative estimate of drug-likeness (QED) is 0.616. The normalized spacial score (nSPS) is 17.5. The molecule has 0 radical (unpaired) electrons. The Morgan fingerprint density at radius 3 is 2.36 bits per heavy atom. The highest BCUT2D eigenvalue weighted by molar-refractivity contribution is 6.51. The summed E-state index contributed by atoms with van der Waals surface area (Å²) in [5.41, 5.74) is 6.15. The van der Waals surface area contributed by atoms with E-state index in [0.717, 1.165) is 35.1 Å². The Bertz CT molecular complexity index is 1090. The average molecular weight is 366 g/mol. The number of rotatable bonds is 3. The van der Waals surface area contributed by atoms with Crippen LogP contribution in [0, 0.1) is 0 Å². The molecule has 0 atom stereocenters. The van der Waals surface area contributed by atoms with Gasteiger partial charge in [-0.3, -0.25) is 0 Å². The van der Waals surface area contributed by atoms with E-state index >= 15 is 0 Å². The molecule has 138 valence electrons. The van der Waals surface area contributed by atoms with Crippen LogP contribution in [0.4, 0.5) is 0 Å². The second-order valence-corrected chi connectivity index (χ2v) is 7.16. The summed E-state index contributed by atoms with van der Waals surface area (Å²) in [5.74, 6) is 0. The Hall–Kier alpha value is -2.88. The molecule has 2 nitrogen and oxygen atoms in total. The van der Waals surface area contributed by atoms with Crippen LogP contribution in [0.15, 0.2) is 102 Å². The van der Waals surface area contributed by atoms with Crippen LogP contribution in [0.25, 0.3) is 16.3 Å². The molecule has 0 aromatic heterocycles. The van der Waals surface area contributed by atoms with E-state index in [0.29, 0.717) is 5.47 Å². The molecule has 28 heavy (non-hydrogen) atoms. The van der Waals surface area contributed by atoms with Gasteiger partial charge in [0.1, 0.15) is 0 Å². The highest BCUT2D eigenvalue weighted by Gasteiger charge is 2.22. The molecule has 1 aliphatic carbocycles. The standard InChI is InChI=1S/C25H23BO2/c1-18(26(27)28)21-14-7-8-16-23(21)25(20-11-3-2-4-12-20)24-17-9-13-19-10-5-6-15-22(19)24/h2-7,9-15,17,27-28H,8,16H2,1H3/b21-18+,25-23+. The molecule has 0 amide bonds. The Kier molecular flexibility index (Phi) is 5.29. The highest BCUT2D eigenvalue weighted by atomic mass is 16.4. The second-order valence-electron chi connectivity index (χ2n) is 7.16. The van der Waals surface area contributed by atoms with Gasteiger partial charge in [-0.25, -0.2) is 0 Å². The fourth-order valence-electron chi connectivity index (χ4n) is 3.97. The number of fused-ring (bicyclic) bond motifs is 1. The van der Waals surface area contributed by atoms with Crippen molar-refractivity contribution in [2.75, 3.05) is 0 Å². The van der Waals surface area contributed by atoms with Gasteiger partial charge in [-0.05, 0) is 63.9 Å². The third-order valence-electron chi connectivity index (χ3n) is 5.41. The minimum absolute atomic E-state index is 0.583. The molecule has 4 rings (SSSR count). The first-order valence-corrected chi connectivity index (χ1v) is 9.67. The largest absolute Gasteiger partial charge is 0.484 e. The van der Waals surface area contributed by atoms with E-state index < -0.39 is 7.12 Å². The van der Waals surface area contributed by atoms with Gasteiger partial charge in [-0.15, -0.1) is 0 Å². The lowest BCUT2D eigenvalue weighted by Gasteiger charge is -2.23. The van der Waals surface area contributed by atoms with Crippen LogP contribution in [0.2, 0.25) is 0 Å². The van der Waals surface area contributed by atoms with Crippen LogP contribution in [-0.2, 0) is 0 Å². The Morgan fingerprint density at radius 2 is 1.57 bits per heavy atom. The summed E-state index contributed by atoms with van der Waals surface area (Å²) in [7, 11) is -1.46. The van der Waals surface area contributed by atoms with Crippen molar-refractivity contribution in [2.24, 2.45) is 0 Å². The minimum Gasteiger partial charge on any atom is -0.423 e. The van der Waals surface area contributed by atoms with Crippen LogP contribution in [0.3, 0.4) is 0 Å². The molecule has 2 N–H and O–H groups in total. The molecule has 0 aliphatic heterocycles. The van der Waals surface area contributed by atoms with Crippen molar-refractivity contribution in [1.29, 1.82) is 0 Å². The van der Waals surface area contributed by atoms with E-state index in [2.05, 4.69) is 72.8 Å². The fraction of sp³-hybridized carbons (Fsp3) is 0.120. The number of allylic oxidation sites excluding steroid dienone is 5. The second kappa shape index (κ2) is 8.01. The molecule has 3 aromatic carbocycles. The molecule has 0 bridgehead atoms. The zero-order valence-corrected chi connectivity index (χ0v) is 16.0. The lowest BCUT2D eigenvalue weighted by Crippen LogP contribution is -2.16. The van der Waals surface area contributed by atoms with Crippen LogP contribution in [-0.4, -0.2) is 17.2 Å². The highest BCUT2D eigenvalue weighted by Crippen LogP contribution is 2.39. The number of hydrogen-bond donors (Lipinski definition) is 2. The van der Waals surface area contributed by atoms with E-state index in [4.69, 9.17) is 0 Å². The van der Waals surface area contributed by atoms with Crippen molar-refractivity contribution in [1.82, 2.24) is 0 Å². The summed E-state index contributed by atoms with van der Waals surface area (Å²) < 4.78 is 0. The van der Waals surface area contributed by atoms with Gasteiger partial charge in [0.25, 0.3) is 0 Å². The summed E-state index contributed by atoms with van der Waals surface area (Å²) in [6, 6.07) is 25.2. The maximum atomic E-state index is 9.83. The van der Waals surface area contributed by atoms with Crippen molar-refractivity contribution in [3.8, 4) is 0 Å². The molecular weight excluding hydrogens is 343 g/mol. The van der Waals surface area contributed by atoms with Gasteiger partial charge in [-0.1, -0.05) is 84.9 Å². The van der Waals surface area contributed by atoms with Gasteiger partial charge in [-0.2, -0.15) is 0 Å². The third-order valence-corrected chi connectivity index (χ3v) is 5.41. The molecule has 1 aliphatic rings.